The molecule has 3 aromatic rings. The first-order valence-corrected chi connectivity index (χ1v) is 6.71. The quantitative estimate of drug-likeness (QED) is 0.423. The van der Waals surface area contributed by atoms with Gasteiger partial charge in [-0.1, -0.05) is 0 Å². The van der Waals surface area contributed by atoms with E-state index in [1.165, 1.54) is 11.8 Å². The molecule has 0 saturated heterocycles. The second kappa shape index (κ2) is 4.52. The molecule has 3 heterocycles. The summed E-state index contributed by atoms with van der Waals surface area (Å²) in [5.74, 6) is 5.77. The maximum Gasteiger partial charge on any atom is 0.239 e. The van der Waals surface area contributed by atoms with Crippen LogP contribution in [-0.4, -0.2) is 24.7 Å². The summed E-state index contributed by atoms with van der Waals surface area (Å²) in [6, 6.07) is 1.99. The average Bonchev–Trinajstić information content (AvgIpc) is 2.98. The van der Waals surface area contributed by atoms with E-state index in [2.05, 4.69) is 25.6 Å². The number of fused-ring (bicyclic) bond motifs is 1. The Morgan fingerprint density at radius 2 is 2.33 bits per heavy atom. The van der Waals surface area contributed by atoms with Crippen LogP contribution in [0.5, 0.6) is 0 Å². The van der Waals surface area contributed by atoms with Gasteiger partial charge in [-0.05, 0) is 23.2 Å². The van der Waals surface area contributed by atoms with Crippen molar-refractivity contribution in [2.75, 3.05) is 5.43 Å². The second-order valence-electron chi connectivity index (χ2n) is 3.46. The van der Waals surface area contributed by atoms with E-state index in [1.807, 2.05) is 23.1 Å². The van der Waals surface area contributed by atoms with E-state index >= 15 is 0 Å². The monoisotopic (exact) mass is 279 g/mol. The molecule has 0 aromatic carbocycles. The Morgan fingerprint density at radius 1 is 1.44 bits per heavy atom. The molecular formula is C9H9N7S2. The number of nitrogen functional groups attached to an aromatic ring is 1. The Bertz CT molecular complexity index is 689. The number of thiophene rings is 1. The van der Waals surface area contributed by atoms with E-state index in [1.54, 1.807) is 17.7 Å². The molecule has 18 heavy (non-hydrogen) atoms. The number of anilines is 1. The Morgan fingerprint density at radius 3 is 3.06 bits per heavy atom. The first-order chi connectivity index (χ1) is 8.78. The molecule has 0 radical (unpaired) electrons. The second-order valence-corrected chi connectivity index (χ2v) is 5.31. The van der Waals surface area contributed by atoms with E-state index in [4.69, 9.17) is 5.84 Å². The van der Waals surface area contributed by atoms with Crippen LogP contribution in [0, 0.1) is 0 Å². The Hall–Kier alpha value is -1.71. The standard InChI is InChI=1S/C9H9N7S2/c1-16-4-11-15-9(16)18-7-5-2-3-17-6(5)12-8(13-7)14-10/h2-4H,10H2,1H3,(H,12,13,14). The maximum absolute atomic E-state index is 5.37. The van der Waals surface area contributed by atoms with Crippen molar-refractivity contribution in [3.8, 4) is 0 Å². The van der Waals surface area contributed by atoms with Crippen LogP contribution >= 0.6 is 23.1 Å². The van der Waals surface area contributed by atoms with Crippen molar-refractivity contribution < 1.29 is 0 Å². The summed E-state index contributed by atoms with van der Waals surface area (Å²) >= 11 is 2.98. The van der Waals surface area contributed by atoms with Gasteiger partial charge in [-0.2, -0.15) is 0 Å². The van der Waals surface area contributed by atoms with Gasteiger partial charge in [0.05, 0.1) is 0 Å². The zero-order valence-electron chi connectivity index (χ0n) is 9.36. The highest BCUT2D eigenvalue weighted by Crippen LogP contribution is 2.32. The molecular weight excluding hydrogens is 270 g/mol. The van der Waals surface area contributed by atoms with Crippen molar-refractivity contribution in [1.82, 2.24) is 24.7 Å². The lowest BCUT2D eigenvalue weighted by atomic mass is 10.4. The number of hydrazine groups is 1. The number of hydrogen-bond acceptors (Lipinski definition) is 8. The van der Waals surface area contributed by atoms with Crippen molar-refractivity contribution in [2.45, 2.75) is 10.2 Å². The van der Waals surface area contributed by atoms with Gasteiger partial charge in [-0.3, -0.25) is 5.43 Å². The molecule has 3 aromatic heterocycles. The van der Waals surface area contributed by atoms with E-state index in [0.717, 1.165) is 20.4 Å². The molecule has 0 aliphatic carbocycles. The van der Waals surface area contributed by atoms with Crippen molar-refractivity contribution >= 4 is 39.3 Å². The number of hydrogen-bond donors (Lipinski definition) is 2. The van der Waals surface area contributed by atoms with Crippen LogP contribution < -0.4 is 11.3 Å². The molecule has 7 nitrogen and oxygen atoms in total. The van der Waals surface area contributed by atoms with Gasteiger partial charge in [0.1, 0.15) is 16.2 Å². The van der Waals surface area contributed by atoms with Crippen molar-refractivity contribution in [1.29, 1.82) is 0 Å². The SMILES string of the molecule is Cn1cnnc1Sc1nc(NN)nc2sccc12. The van der Waals surface area contributed by atoms with E-state index in [0.29, 0.717) is 5.95 Å². The molecule has 0 fully saturated rings. The minimum atomic E-state index is 0.398. The van der Waals surface area contributed by atoms with E-state index < -0.39 is 0 Å². The average molecular weight is 279 g/mol. The third-order valence-electron chi connectivity index (χ3n) is 2.28. The lowest BCUT2D eigenvalue weighted by Gasteiger charge is -2.04. The maximum atomic E-state index is 5.37. The molecule has 0 aliphatic rings. The van der Waals surface area contributed by atoms with Crippen LogP contribution in [-0.2, 0) is 7.05 Å². The third kappa shape index (κ3) is 1.92. The Kier molecular flexibility index (Phi) is 2.86. The normalized spacial score (nSPS) is 11.0. The number of aryl methyl sites for hydroxylation is 1. The fraction of sp³-hybridized carbons (Fsp3) is 0.111. The largest absolute Gasteiger partial charge is 0.311 e. The topological polar surface area (TPSA) is 94.5 Å². The molecule has 0 atom stereocenters. The van der Waals surface area contributed by atoms with Gasteiger partial charge in [0.25, 0.3) is 0 Å². The first-order valence-electron chi connectivity index (χ1n) is 5.01. The zero-order valence-corrected chi connectivity index (χ0v) is 11.0. The summed E-state index contributed by atoms with van der Waals surface area (Å²) in [5.41, 5.74) is 2.47. The zero-order chi connectivity index (χ0) is 12.5. The lowest BCUT2D eigenvalue weighted by molar-refractivity contribution is 0.787. The number of nitrogens with two attached hydrogens (primary N) is 1. The van der Waals surface area contributed by atoms with Gasteiger partial charge in [-0.25, -0.2) is 15.8 Å². The molecule has 0 saturated carbocycles. The predicted molar refractivity (Wildman–Crippen MR) is 70.4 cm³/mol. The minimum Gasteiger partial charge on any atom is -0.311 e. The predicted octanol–water partition coefficient (Wildman–Crippen LogP) is 1.26. The van der Waals surface area contributed by atoms with Gasteiger partial charge in [0.2, 0.25) is 5.95 Å². The number of rotatable bonds is 3. The highest BCUT2D eigenvalue weighted by Gasteiger charge is 2.12. The van der Waals surface area contributed by atoms with E-state index in [-0.39, 0.29) is 0 Å². The summed E-state index contributed by atoms with van der Waals surface area (Å²) < 4.78 is 1.83. The molecule has 0 spiro atoms. The molecule has 0 unspecified atom stereocenters. The molecule has 0 bridgehead atoms. The van der Waals surface area contributed by atoms with Crippen LogP contribution in [0.1, 0.15) is 0 Å². The van der Waals surface area contributed by atoms with Crippen molar-refractivity contribution in [3.05, 3.63) is 17.8 Å². The van der Waals surface area contributed by atoms with Gasteiger partial charge < -0.3 is 4.57 Å². The summed E-state index contributed by atoms with van der Waals surface area (Å²) in [4.78, 5) is 9.52. The number of nitrogens with zero attached hydrogens (tertiary/aromatic N) is 5. The molecule has 92 valence electrons. The summed E-state index contributed by atoms with van der Waals surface area (Å²) in [6.45, 7) is 0. The van der Waals surface area contributed by atoms with Crippen LogP contribution in [0.25, 0.3) is 10.2 Å². The first kappa shape index (κ1) is 11.4. The highest BCUT2D eigenvalue weighted by molar-refractivity contribution is 7.99. The van der Waals surface area contributed by atoms with E-state index in [9.17, 15) is 0 Å². The fourth-order valence-electron chi connectivity index (χ4n) is 1.42. The van der Waals surface area contributed by atoms with Gasteiger partial charge >= 0.3 is 0 Å². The summed E-state index contributed by atoms with van der Waals surface area (Å²) in [5, 5.41) is 12.4. The van der Waals surface area contributed by atoms with Crippen molar-refractivity contribution in [3.63, 3.8) is 0 Å². The molecule has 3 rings (SSSR count). The van der Waals surface area contributed by atoms with Crippen LogP contribution in [0.2, 0.25) is 0 Å². The van der Waals surface area contributed by atoms with Gasteiger partial charge in [0.15, 0.2) is 5.16 Å². The van der Waals surface area contributed by atoms with Crippen LogP contribution in [0.3, 0.4) is 0 Å². The summed E-state index contributed by atoms with van der Waals surface area (Å²) in [6.07, 6.45) is 1.65. The highest BCUT2D eigenvalue weighted by atomic mass is 32.2. The molecule has 3 N–H and O–H groups in total. The summed E-state index contributed by atoms with van der Waals surface area (Å²) in [7, 11) is 1.89. The molecule has 0 amide bonds. The lowest BCUT2D eigenvalue weighted by Crippen LogP contribution is -2.10. The van der Waals surface area contributed by atoms with Crippen LogP contribution in [0.15, 0.2) is 28.0 Å². The van der Waals surface area contributed by atoms with Crippen LogP contribution in [0.4, 0.5) is 5.95 Å². The number of aromatic nitrogens is 5. The minimum absolute atomic E-state index is 0.398. The van der Waals surface area contributed by atoms with Gasteiger partial charge in [-0.15, -0.1) is 21.5 Å². The fourth-order valence-corrected chi connectivity index (χ4v) is 3.11. The Labute approximate surface area is 110 Å². The number of nitrogens with one attached hydrogen (secondary N) is 1. The Balaban J connectivity index is 2.10. The third-order valence-corrected chi connectivity index (χ3v) is 4.14. The molecule has 9 heteroatoms. The smallest absolute Gasteiger partial charge is 0.239 e. The van der Waals surface area contributed by atoms with Gasteiger partial charge in [0, 0.05) is 12.4 Å². The van der Waals surface area contributed by atoms with Crippen molar-refractivity contribution in [2.24, 2.45) is 12.9 Å². The molecule has 0 aliphatic heterocycles.